The van der Waals surface area contributed by atoms with Crippen molar-refractivity contribution in [2.45, 2.75) is 6.92 Å². The first-order valence-corrected chi connectivity index (χ1v) is 7.09. The van der Waals surface area contributed by atoms with Gasteiger partial charge in [-0.2, -0.15) is 0 Å². The summed E-state index contributed by atoms with van der Waals surface area (Å²) < 4.78 is 0. The molecule has 0 atom stereocenters. The van der Waals surface area contributed by atoms with E-state index in [4.69, 9.17) is 5.84 Å². The number of benzene rings is 1. The van der Waals surface area contributed by atoms with E-state index in [1.807, 2.05) is 31.2 Å². The van der Waals surface area contributed by atoms with Crippen LogP contribution >= 0.6 is 11.3 Å². The lowest BCUT2D eigenvalue weighted by molar-refractivity contribution is 0.102. The summed E-state index contributed by atoms with van der Waals surface area (Å²) in [7, 11) is 0. The summed E-state index contributed by atoms with van der Waals surface area (Å²) in [6.07, 6.45) is 1.72. The molecule has 0 aliphatic heterocycles. The molecule has 3 rings (SSSR count). The zero-order valence-electron chi connectivity index (χ0n) is 11.3. The third-order valence-corrected chi connectivity index (χ3v) is 3.78. The Balaban J connectivity index is 2.03. The number of carbonyl (C=O) groups is 1. The number of aromatic nitrogens is 2. The van der Waals surface area contributed by atoms with E-state index in [-0.39, 0.29) is 5.91 Å². The summed E-state index contributed by atoms with van der Waals surface area (Å²) in [6, 6.07) is 9.04. The third-order valence-electron chi connectivity index (χ3n) is 2.95. The number of amides is 1. The van der Waals surface area contributed by atoms with Crippen molar-refractivity contribution in [2.75, 3.05) is 10.7 Å². The lowest BCUT2D eigenvalue weighted by Crippen LogP contribution is -2.15. The number of carbonyl (C=O) groups excluding carboxylic acids is 1. The Morgan fingerprint density at radius 3 is 2.86 bits per heavy atom. The van der Waals surface area contributed by atoms with Gasteiger partial charge in [0.25, 0.3) is 5.91 Å². The van der Waals surface area contributed by atoms with Crippen molar-refractivity contribution in [1.29, 1.82) is 0 Å². The van der Waals surface area contributed by atoms with Crippen LogP contribution in [0.4, 0.5) is 10.9 Å². The highest BCUT2D eigenvalue weighted by molar-refractivity contribution is 7.15. The fraction of sp³-hybridized carbons (Fsp3) is 0.0714. The van der Waals surface area contributed by atoms with Crippen LogP contribution in [-0.4, -0.2) is 15.9 Å². The van der Waals surface area contributed by atoms with Gasteiger partial charge in [-0.1, -0.05) is 18.2 Å². The predicted octanol–water partition coefficient (Wildman–Crippen LogP) is 2.54. The van der Waals surface area contributed by atoms with E-state index in [2.05, 4.69) is 20.7 Å². The van der Waals surface area contributed by atoms with Gasteiger partial charge < -0.3 is 5.43 Å². The van der Waals surface area contributed by atoms with Gasteiger partial charge in [0.15, 0.2) is 5.13 Å². The number of nitrogens with one attached hydrogen (secondary N) is 2. The van der Waals surface area contributed by atoms with Crippen molar-refractivity contribution < 1.29 is 4.79 Å². The predicted molar refractivity (Wildman–Crippen MR) is 84.4 cm³/mol. The fourth-order valence-corrected chi connectivity index (χ4v) is 2.67. The van der Waals surface area contributed by atoms with Gasteiger partial charge in [-0.25, -0.2) is 15.8 Å². The first-order chi connectivity index (χ1) is 10.2. The number of aryl methyl sites for hydroxylation is 1. The highest BCUT2D eigenvalue weighted by Crippen LogP contribution is 2.23. The molecule has 4 N–H and O–H groups in total. The Morgan fingerprint density at radius 2 is 2.14 bits per heavy atom. The van der Waals surface area contributed by atoms with Crippen molar-refractivity contribution in [3.63, 3.8) is 0 Å². The second-order valence-electron chi connectivity index (χ2n) is 4.45. The number of nitrogen functional groups attached to an aromatic ring is 1. The second kappa shape index (κ2) is 5.47. The van der Waals surface area contributed by atoms with E-state index in [1.54, 1.807) is 12.3 Å². The zero-order chi connectivity index (χ0) is 14.8. The molecule has 3 aromatic rings. The highest BCUT2D eigenvalue weighted by Gasteiger charge is 2.14. The van der Waals surface area contributed by atoms with E-state index >= 15 is 0 Å². The van der Waals surface area contributed by atoms with Crippen molar-refractivity contribution in [3.05, 3.63) is 47.0 Å². The molecule has 1 amide bonds. The first kappa shape index (κ1) is 13.5. The lowest BCUT2D eigenvalue weighted by Gasteiger charge is -2.08. The Bertz CT molecular complexity index is 814. The smallest absolute Gasteiger partial charge is 0.258 e. The summed E-state index contributed by atoms with van der Waals surface area (Å²) in [5, 5.41) is 4.13. The SMILES string of the molecule is Cc1cnc(NC(=O)c2cc(NN)nc3ccccc23)s1. The van der Waals surface area contributed by atoms with Crippen molar-refractivity contribution in [2.24, 2.45) is 5.84 Å². The number of fused-ring (bicyclic) bond motifs is 1. The number of rotatable bonds is 3. The number of para-hydroxylation sites is 1. The molecule has 0 radical (unpaired) electrons. The summed E-state index contributed by atoms with van der Waals surface area (Å²) in [5.74, 6) is 5.61. The maximum Gasteiger partial charge on any atom is 0.258 e. The van der Waals surface area contributed by atoms with E-state index in [9.17, 15) is 4.79 Å². The summed E-state index contributed by atoms with van der Waals surface area (Å²) >= 11 is 1.43. The average Bonchev–Trinajstić information content (AvgIpc) is 2.91. The Kier molecular flexibility index (Phi) is 3.51. The minimum atomic E-state index is -0.237. The molecule has 0 spiro atoms. The molecule has 0 aliphatic rings. The maximum absolute atomic E-state index is 12.5. The zero-order valence-corrected chi connectivity index (χ0v) is 12.1. The maximum atomic E-state index is 12.5. The molecule has 0 saturated carbocycles. The van der Waals surface area contributed by atoms with E-state index in [1.165, 1.54) is 11.3 Å². The summed E-state index contributed by atoms with van der Waals surface area (Å²) in [5.41, 5.74) is 3.68. The second-order valence-corrected chi connectivity index (χ2v) is 5.68. The summed E-state index contributed by atoms with van der Waals surface area (Å²) in [4.78, 5) is 22.0. The topological polar surface area (TPSA) is 92.9 Å². The van der Waals surface area contributed by atoms with Gasteiger partial charge in [-0.05, 0) is 19.1 Å². The van der Waals surface area contributed by atoms with Gasteiger partial charge in [0.2, 0.25) is 0 Å². The van der Waals surface area contributed by atoms with Gasteiger partial charge in [0.05, 0.1) is 11.1 Å². The Labute approximate surface area is 125 Å². The molecule has 2 aromatic heterocycles. The van der Waals surface area contributed by atoms with Crippen LogP contribution in [0.3, 0.4) is 0 Å². The molecule has 0 bridgehead atoms. The van der Waals surface area contributed by atoms with E-state index in [0.717, 1.165) is 10.3 Å². The number of thiazole rings is 1. The molecule has 0 unspecified atom stereocenters. The molecular formula is C14H13N5OS. The number of hydrogen-bond donors (Lipinski definition) is 3. The normalized spacial score (nSPS) is 10.6. The average molecular weight is 299 g/mol. The molecule has 2 heterocycles. The lowest BCUT2D eigenvalue weighted by atomic mass is 10.1. The molecule has 106 valence electrons. The quantitative estimate of drug-likeness (QED) is 0.510. The van der Waals surface area contributed by atoms with E-state index in [0.29, 0.717) is 22.0 Å². The molecule has 1 aromatic carbocycles. The van der Waals surface area contributed by atoms with Crippen molar-refractivity contribution in [3.8, 4) is 0 Å². The highest BCUT2D eigenvalue weighted by atomic mass is 32.1. The first-order valence-electron chi connectivity index (χ1n) is 6.27. The minimum Gasteiger partial charge on any atom is -0.308 e. The molecule has 7 heteroatoms. The number of nitrogens with zero attached hydrogens (tertiary/aromatic N) is 2. The number of anilines is 2. The van der Waals surface area contributed by atoms with Crippen LogP contribution < -0.4 is 16.6 Å². The van der Waals surface area contributed by atoms with Gasteiger partial charge >= 0.3 is 0 Å². The Morgan fingerprint density at radius 1 is 1.33 bits per heavy atom. The Hall–Kier alpha value is -2.51. The van der Waals surface area contributed by atoms with Gasteiger partial charge in [0.1, 0.15) is 5.82 Å². The van der Waals surface area contributed by atoms with Crippen LogP contribution in [0.5, 0.6) is 0 Å². The number of nitrogens with two attached hydrogens (primary N) is 1. The van der Waals surface area contributed by atoms with Crippen LogP contribution in [0.1, 0.15) is 15.2 Å². The van der Waals surface area contributed by atoms with Gasteiger partial charge in [-0.15, -0.1) is 11.3 Å². The minimum absolute atomic E-state index is 0.237. The van der Waals surface area contributed by atoms with Crippen LogP contribution in [0.25, 0.3) is 10.9 Å². The molecule has 6 nitrogen and oxygen atoms in total. The third kappa shape index (κ3) is 2.69. The molecule has 21 heavy (non-hydrogen) atoms. The van der Waals surface area contributed by atoms with Gasteiger partial charge in [0, 0.05) is 16.5 Å². The van der Waals surface area contributed by atoms with Crippen LogP contribution in [0, 0.1) is 6.92 Å². The molecule has 0 fully saturated rings. The monoisotopic (exact) mass is 299 g/mol. The van der Waals surface area contributed by atoms with Crippen molar-refractivity contribution >= 4 is 39.1 Å². The molecule has 0 aliphatic carbocycles. The van der Waals surface area contributed by atoms with Crippen LogP contribution in [-0.2, 0) is 0 Å². The van der Waals surface area contributed by atoms with Crippen LogP contribution in [0.15, 0.2) is 36.5 Å². The standard InChI is InChI=1S/C14H13N5OS/c1-8-7-16-14(21-8)18-13(20)10-6-12(19-15)17-11-5-3-2-4-9(10)11/h2-7H,15H2,1H3,(H,17,19)(H,16,18,20). The number of pyridine rings is 1. The molecule has 0 saturated heterocycles. The largest absolute Gasteiger partial charge is 0.308 e. The number of hydrogen-bond acceptors (Lipinski definition) is 6. The summed E-state index contributed by atoms with van der Waals surface area (Å²) in [6.45, 7) is 1.94. The van der Waals surface area contributed by atoms with E-state index < -0.39 is 0 Å². The van der Waals surface area contributed by atoms with Crippen LogP contribution in [0.2, 0.25) is 0 Å². The molecular weight excluding hydrogens is 286 g/mol. The van der Waals surface area contributed by atoms with Crippen molar-refractivity contribution in [1.82, 2.24) is 9.97 Å². The number of hydrazine groups is 1. The van der Waals surface area contributed by atoms with Gasteiger partial charge in [-0.3, -0.25) is 10.1 Å². The fourth-order valence-electron chi connectivity index (χ4n) is 2.01.